The molecule has 0 aliphatic carbocycles. The number of nitriles is 1. The molecular weight excluding hydrogens is 262 g/mol. The molecule has 106 valence electrons. The molecule has 3 heteroatoms. The van der Waals surface area contributed by atoms with Gasteiger partial charge in [-0.2, -0.15) is 5.26 Å². The average molecular weight is 279 g/mol. The maximum atomic E-state index is 11.7. The molecule has 0 unspecified atom stereocenters. The van der Waals surface area contributed by atoms with Gasteiger partial charge in [0.25, 0.3) is 0 Å². The predicted octanol–water partition coefficient (Wildman–Crippen LogP) is 3.64. The third-order valence-electron chi connectivity index (χ3n) is 3.54. The molecule has 0 heterocycles. The Morgan fingerprint density at radius 2 is 1.57 bits per heavy atom. The Kier molecular flexibility index (Phi) is 5.11. The van der Waals surface area contributed by atoms with Gasteiger partial charge in [-0.3, -0.25) is 4.79 Å². The van der Waals surface area contributed by atoms with Crippen LogP contribution in [0.15, 0.2) is 60.7 Å². The van der Waals surface area contributed by atoms with Gasteiger partial charge in [0.15, 0.2) is 0 Å². The minimum Gasteiger partial charge on any atom is -0.469 e. The lowest BCUT2D eigenvalue weighted by molar-refractivity contribution is -0.141. The number of carbonyl (C=O) groups is 1. The van der Waals surface area contributed by atoms with E-state index in [-0.39, 0.29) is 24.2 Å². The molecule has 0 aliphatic rings. The summed E-state index contributed by atoms with van der Waals surface area (Å²) in [5.41, 5.74) is 1.89. The Bertz CT molecular complexity index is 617. The summed E-state index contributed by atoms with van der Waals surface area (Å²) in [6.45, 7) is 0. The Hall–Kier alpha value is -2.60. The van der Waals surface area contributed by atoms with Crippen LogP contribution in [0.1, 0.15) is 29.4 Å². The van der Waals surface area contributed by atoms with Crippen molar-refractivity contribution in [3.63, 3.8) is 0 Å². The van der Waals surface area contributed by atoms with Gasteiger partial charge in [0, 0.05) is 5.92 Å². The minimum absolute atomic E-state index is 0.188. The molecule has 2 atom stereocenters. The smallest absolute Gasteiger partial charge is 0.306 e. The first-order valence-electron chi connectivity index (χ1n) is 6.82. The lowest BCUT2D eigenvalue weighted by Crippen LogP contribution is -2.15. The van der Waals surface area contributed by atoms with Gasteiger partial charge in [-0.25, -0.2) is 0 Å². The third kappa shape index (κ3) is 3.70. The van der Waals surface area contributed by atoms with Gasteiger partial charge < -0.3 is 4.74 Å². The van der Waals surface area contributed by atoms with Gasteiger partial charge >= 0.3 is 5.97 Å². The van der Waals surface area contributed by atoms with Crippen molar-refractivity contribution in [3.8, 4) is 6.07 Å². The highest BCUT2D eigenvalue weighted by Gasteiger charge is 2.27. The molecule has 0 radical (unpaired) electrons. The first-order valence-corrected chi connectivity index (χ1v) is 6.82. The van der Waals surface area contributed by atoms with Gasteiger partial charge in [-0.15, -0.1) is 0 Å². The average Bonchev–Trinajstić information content (AvgIpc) is 2.56. The molecule has 2 rings (SSSR count). The van der Waals surface area contributed by atoms with Crippen molar-refractivity contribution in [2.45, 2.75) is 18.3 Å². The summed E-state index contributed by atoms with van der Waals surface area (Å²) in [6, 6.07) is 21.5. The maximum Gasteiger partial charge on any atom is 0.306 e. The zero-order valence-corrected chi connectivity index (χ0v) is 11.9. The second-order valence-electron chi connectivity index (χ2n) is 4.81. The summed E-state index contributed by atoms with van der Waals surface area (Å²) >= 11 is 0. The molecule has 0 saturated heterocycles. The molecule has 2 aromatic rings. The first kappa shape index (κ1) is 14.8. The van der Waals surface area contributed by atoms with Gasteiger partial charge in [0.05, 0.1) is 25.5 Å². The molecule has 0 N–H and O–H groups in total. The maximum absolute atomic E-state index is 11.7. The summed E-state index contributed by atoms with van der Waals surface area (Å²) in [6.07, 6.45) is 0.188. The minimum atomic E-state index is -0.382. The van der Waals surface area contributed by atoms with Crippen molar-refractivity contribution >= 4 is 5.97 Å². The number of rotatable bonds is 5. The SMILES string of the molecule is COC(=O)C[C@@H](c1ccccc1)[C@H](C#N)c1ccccc1. The zero-order valence-electron chi connectivity index (χ0n) is 11.9. The fourth-order valence-corrected chi connectivity index (χ4v) is 2.45. The molecule has 0 saturated carbocycles. The Morgan fingerprint density at radius 3 is 2.05 bits per heavy atom. The number of nitrogens with zero attached hydrogens (tertiary/aromatic N) is 1. The Morgan fingerprint density at radius 1 is 1.05 bits per heavy atom. The van der Waals surface area contributed by atoms with E-state index in [9.17, 15) is 10.1 Å². The normalized spacial score (nSPS) is 13.0. The molecular formula is C18H17NO2. The lowest BCUT2D eigenvalue weighted by atomic mass is 9.80. The van der Waals surface area contributed by atoms with Crippen LogP contribution in [0.25, 0.3) is 0 Å². The predicted molar refractivity (Wildman–Crippen MR) is 80.6 cm³/mol. The van der Waals surface area contributed by atoms with Gasteiger partial charge in [0.1, 0.15) is 0 Å². The Labute approximate surface area is 124 Å². The number of hydrogen-bond acceptors (Lipinski definition) is 3. The third-order valence-corrected chi connectivity index (χ3v) is 3.54. The molecule has 0 aliphatic heterocycles. The number of benzene rings is 2. The second-order valence-corrected chi connectivity index (χ2v) is 4.81. The van der Waals surface area contributed by atoms with E-state index in [4.69, 9.17) is 4.74 Å². The number of ether oxygens (including phenoxy) is 1. The van der Waals surface area contributed by atoms with E-state index in [1.807, 2.05) is 60.7 Å². The van der Waals surface area contributed by atoms with Crippen molar-refractivity contribution in [1.82, 2.24) is 0 Å². The van der Waals surface area contributed by atoms with Crippen LogP contribution < -0.4 is 0 Å². The molecule has 3 nitrogen and oxygen atoms in total. The fraction of sp³-hybridized carbons (Fsp3) is 0.222. The molecule has 0 spiro atoms. The fourth-order valence-electron chi connectivity index (χ4n) is 2.45. The van der Waals surface area contributed by atoms with E-state index in [1.165, 1.54) is 7.11 Å². The van der Waals surface area contributed by atoms with Crippen LogP contribution in [0.4, 0.5) is 0 Å². The van der Waals surface area contributed by atoms with Crippen molar-refractivity contribution < 1.29 is 9.53 Å². The summed E-state index contributed by atoms with van der Waals surface area (Å²) in [4.78, 5) is 11.7. The summed E-state index contributed by atoms with van der Waals surface area (Å²) < 4.78 is 4.78. The van der Waals surface area contributed by atoms with Crippen LogP contribution in [0.2, 0.25) is 0 Å². The standard InChI is InChI=1S/C18H17NO2/c1-21-18(20)12-16(14-8-4-2-5-9-14)17(13-19)15-10-6-3-7-11-15/h2-11,16-17H,12H2,1H3/t16-,17+/m0/s1. The van der Waals surface area contributed by atoms with E-state index in [0.717, 1.165) is 11.1 Å². The molecule has 21 heavy (non-hydrogen) atoms. The molecule has 0 amide bonds. The van der Waals surface area contributed by atoms with Crippen LogP contribution in [-0.2, 0) is 9.53 Å². The second kappa shape index (κ2) is 7.25. The van der Waals surface area contributed by atoms with E-state index >= 15 is 0 Å². The highest BCUT2D eigenvalue weighted by Crippen LogP contribution is 2.35. The number of methoxy groups -OCH3 is 1. The zero-order chi connectivity index (χ0) is 15.1. The van der Waals surface area contributed by atoms with E-state index in [0.29, 0.717) is 0 Å². The van der Waals surface area contributed by atoms with Crippen LogP contribution in [0.5, 0.6) is 0 Å². The van der Waals surface area contributed by atoms with Gasteiger partial charge in [0.2, 0.25) is 0 Å². The van der Waals surface area contributed by atoms with Crippen LogP contribution >= 0.6 is 0 Å². The monoisotopic (exact) mass is 279 g/mol. The van der Waals surface area contributed by atoms with Crippen LogP contribution in [0, 0.1) is 11.3 Å². The number of carbonyl (C=O) groups excluding carboxylic acids is 1. The van der Waals surface area contributed by atoms with E-state index in [2.05, 4.69) is 6.07 Å². The molecule has 2 aromatic carbocycles. The van der Waals surface area contributed by atoms with Crippen molar-refractivity contribution in [2.24, 2.45) is 0 Å². The van der Waals surface area contributed by atoms with Crippen molar-refractivity contribution in [3.05, 3.63) is 71.8 Å². The summed E-state index contributed by atoms with van der Waals surface area (Å²) in [7, 11) is 1.37. The number of esters is 1. The molecule has 0 aromatic heterocycles. The Balaban J connectivity index is 2.38. The topological polar surface area (TPSA) is 50.1 Å². The highest BCUT2D eigenvalue weighted by atomic mass is 16.5. The van der Waals surface area contributed by atoms with Crippen molar-refractivity contribution in [1.29, 1.82) is 5.26 Å². The summed E-state index contributed by atoms with van der Waals surface area (Å²) in [5, 5.41) is 9.59. The van der Waals surface area contributed by atoms with Crippen LogP contribution in [0.3, 0.4) is 0 Å². The quantitative estimate of drug-likeness (QED) is 0.785. The van der Waals surface area contributed by atoms with Gasteiger partial charge in [-0.1, -0.05) is 60.7 Å². The summed E-state index contributed by atoms with van der Waals surface area (Å²) in [5.74, 6) is -0.904. The lowest BCUT2D eigenvalue weighted by Gasteiger charge is -2.22. The molecule has 0 fully saturated rings. The highest BCUT2D eigenvalue weighted by molar-refractivity contribution is 5.70. The van der Waals surface area contributed by atoms with Crippen LogP contribution in [-0.4, -0.2) is 13.1 Å². The van der Waals surface area contributed by atoms with E-state index in [1.54, 1.807) is 0 Å². The first-order chi connectivity index (χ1) is 10.3. The van der Waals surface area contributed by atoms with Gasteiger partial charge in [-0.05, 0) is 11.1 Å². The van der Waals surface area contributed by atoms with Crippen molar-refractivity contribution in [2.75, 3.05) is 7.11 Å². The molecule has 0 bridgehead atoms. The largest absolute Gasteiger partial charge is 0.469 e. The number of hydrogen-bond donors (Lipinski definition) is 0. The van der Waals surface area contributed by atoms with E-state index < -0.39 is 0 Å².